The SMILES string of the molecule is CCCCCCCCC(NC)c1cnc2ccsc2c1. The van der Waals surface area contributed by atoms with Crippen LogP contribution < -0.4 is 5.32 Å². The molecule has 20 heavy (non-hydrogen) atoms. The van der Waals surface area contributed by atoms with Gasteiger partial charge in [-0.15, -0.1) is 11.3 Å². The number of rotatable bonds is 9. The van der Waals surface area contributed by atoms with E-state index in [4.69, 9.17) is 0 Å². The molecule has 0 aliphatic rings. The Hall–Kier alpha value is -0.930. The fourth-order valence-electron chi connectivity index (χ4n) is 2.66. The Balaban J connectivity index is 1.84. The molecule has 0 aliphatic carbocycles. The average molecular weight is 290 g/mol. The predicted octanol–water partition coefficient (Wildman–Crippen LogP) is 5.31. The third-order valence-corrected chi connectivity index (χ3v) is 4.77. The lowest BCUT2D eigenvalue weighted by Crippen LogP contribution is -2.16. The molecule has 2 nitrogen and oxygen atoms in total. The topological polar surface area (TPSA) is 24.9 Å². The molecule has 2 aromatic rings. The van der Waals surface area contributed by atoms with Gasteiger partial charge in [0.15, 0.2) is 0 Å². The lowest BCUT2D eigenvalue weighted by Gasteiger charge is -2.16. The van der Waals surface area contributed by atoms with Gasteiger partial charge in [0.1, 0.15) is 0 Å². The molecule has 0 saturated heterocycles. The van der Waals surface area contributed by atoms with Crippen molar-refractivity contribution in [3.63, 3.8) is 0 Å². The smallest absolute Gasteiger partial charge is 0.0809 e. The van der Waals surface area contributed by atoms with E-state index in [9.17, 15) is 0 Å². The van der Waals surface area contributed by atoms with Gasteiger partial charge in [0, 0.05) is 12.2 Å². The molecule has 0 bridgehead atoms. The summed E-state index contributed by atoms with van der Waals surface area (Å²) < 4.78 is 1.30. The van der Waals surface area contributed by atoms with Gasteiger partial charge in [-0.1, -0.05) is 45.4 Å². The molecule has 1 atom stereocenters. The van der Waals surface area contributed by atoms with E-state index in [1.807, 2.05) is 6.20 Å². The lowest BCUT2D eigenvalue weighted by atomic mass is 10.0. The number of pyridine rings is 1. The maximum Gasteiger partial charge on any atom is 0.0809 e. The summed E-state index contributed by atoms with van der Waals surface area (Å²) >= 11 is 1.78. The van der Waals surface area contributed by atoms with Crippen LogP contribution in [-0.4, -0.2) is 12.0 Å². The highest BCUT2D eigenvalue weighted by molar-refractivity contribution is 7.17. The van der Waals surface area contributed by atoms with Crippen molar-refractivity contribution >= 4 is 21.6 Å². The Labute approximate surface area is 126 Å². The molecule has 0 spiro atoms. The molecule has 0 radical (unpaired) electrons. The Bertz CT molecular complexity index is 506. The highest BCUT2D eigenvalue weighted by Gasteiger charge is 2.10. The van der Waals surface area contributed by atoms with Crippen LogP contribution in [0.5, 0.6) is 0 Å². The first-order chi connectivity index (χ1) is 9.85. The Morgan fingerprint density at radius 2 is 2.00 bits per heavy atom. The highest BCUT2D eigenvalue weighted by atomic mass is 32.1. The second kappa shape index (κ2) is 8.38. The molecule has 1 unspecified atom stereocenters. The van der Waals surface area contributed by atoms with Crippen LogP contribution in [0.1, 0.15) is 63.5 Å². The van der Waals surface area contributed by atoms with Gasteiger partial charge < -0.3 is 5.32 Å². The van der Waals surface area contributed by atoms with Gasteiger partial charge in [0.25, 0.3) is 0 Å². The number of unbranched alkanes of at least 4 members (excludes halogenated alkanes) is 5. The third kappa shape index (κ3) is 4.29. The summed E-state index contributed by atoms with van der Waals surface area (Å²) in [5.74, 6) is 0. The molecule has 1 N–H and O–H groups in total. The van der Waals surface area contributed by atoms with E-state index in [0.29, 0.717) is 6.04 Å². The predicted molar refractivity (Wildman–Crippen MR) is 89.4 cm³/mol. The lowest BCUT2D eigenvalue weighted by molar-refractivity contribution is 0.497. The minimum absolute atomic E-state index is 0.445. The Kier molecular flexibility index (Phi) is 6.48. The summed E-state index contributed by atoms with van der Waals surface area (Å²) in [5.41, 5.74) is 2.45. The van der Waals surface area contributed by atoms with Crippen molar-refractivity contribution in [3.8, 4) is 0 Å². The first-order valence-electron chi connectivity index (χ1n) is 7.85. The number of hydrogen-bond acceptors (Lipinski definition) is 3. The third-order valence-electron chi connectivity index (χ3n) is 3.92. The molecule has 3 heteroatoms. The van der Waals surface area contributed by atoms with Crippen molar-refractivity contribution in [2.75, 3.05) is 7.05 Å². The van der Waals surface area contributed by atoms with Crippen LogP contribution in [0.25, 0.3) is 10.2 Å². The summed E-state index contributed by atoms with van der Waals surface area (Å²) in [6, 6.07) is 4.83. The van der Waals surface area contributed by atoms with E-state index in [2.05, 4.69) is 41.8 Å². The zero-order chi connectivity index (χ0) is 14.2. The molecule has 0 amide bonds. The van der Waals surface area contributed by atoms with Crippen LogP contribution in [0.3, 0.4) is 0 Å². The zero-order valence-electron chi connectivity index (χ0n) is 12.7. The van der Waals surface area contributed by atoms with E-state index in [1.165, 1.54) is 55.2 Å². The minimum atomic E-state index is 0.445. The molecule has 2 aromatic heterocycles. The number of hydrogen-bond donors (Lipinski definition) is 1. The highest BCUT2D eigenvalue weighted by Crippen LogP contribution is 2.25. The summed E-state index contributed by atoms with van der Waals surface area (Å²) in [7, 11) is 2.06. The number of thiophene rings is 1. The van der Waals surface area contributed by atoms with Crippen molar-refractivity contribution in [1.29, 1.82) is 0 Å². The molecule has 110 valence electrons. The largest absolute Gasteiger partial charge is 0.313 e. The molecule has 2 heterocycles. The molecule has 0 fully saturated rings. The maximum atomic E-state index is 4.55. The van der Waals surface area contributed by atoms with Crippen molar-refractivity contribution < 1.29 is 0 Å². The van der Waals surface area contributed by atoms with Gasteiger partial charge in [-0.3, -0.25) is 4.98 Å². The average Bonchev–Trinajstić information content (AvgIpc) is 2.94. The standard InChI is InChI=1S/C17H26N2S/c1-3-4-5-6-7-8-9-15(18-2)14-12-17-16(19-13-14)10-11-20-17/h10-13,15,18H,3-9H2,1-2H3. The Morgan fingerprint density at radius 1 is 1.20 bits per heavy atom. The molecule has 0 aromatic carbocycles. The van der Waals surface area contributed by atoms with Crippen molar-refractivity contribution in [2.24, 2.45) is 0 Å². The van der Waals surface area contributed by atoms with E-state index < -0.39 is 0 Å². The second-order valence-corrected chi connectivity index (χ2v) is 6.42. The van der Waals surface area contributed by atoms with Gasteiger partial charge in [-0.05, 0) is 36.5 Å². The van der Waals surface area contributed by atoms with Gasteiger partial charge in [0.2, 0.25) is 0 Å². The number of nitrogens with zero attached hydrogens (tertiary/aromatic N) is 1. The fourth-order valence-corrected chi connectivity index (χ4v) is 3.45. The van der Waals surface area contributed by atoms with Gasteiger partial charge >= 0.3 is 0 Å². The number of fused-ring (bicyclic) bond motifs is 1. The molecule has 2 rings (SSSR count). The van der Waals surface area contributed by atoms with Crippen molar-refractivity contribution in [1.82, 2.24) is 10.3 Å². The summed E-state index contributed by atoms with van der Waals surface area (Å²) in [6.45, 7) is 2.27. The van der Waals surface area contributed by atoms with Gasteiger partial charge in [0.05, 0.1) is 10.2 Å². The zero-order valence-corrected chi connectivity index (χ0v) is 13.5. The number of nitrogens with one attached hydrogen (secondary N) is 1. The first kappa shape index (κ1) is 15.5. The Morgan fingerprint density at radius 3 is 2.80 bits per heavy atom. The van der Waals surface area contributed by atoms with Crippen LogP contribution in [0.15, 0.2) is 23.7 Å². The van der Waals surface area contributed by atoms with Crippen LogP contribution in [0.4, 0.5) is 0 Å². The van der Waals surface area contributed by atoms with E-state index in [1.54, 1.807) is 11.3 Å². The van der Waals surface area contributed by atoms with Crippen LogP contribution >= 0.6 is 11.3 Å². The van der Waals surface area contributed by atoms with Crippen LogP contribution in [0.2, 0.25) is 0 Å². The summed E-state index contributed by atoms with van der Waals surface area (Å²) in [4.78, 5) is 4.55. The second-order valence-electron chi connectivity index (χ2n) is 5.47. The van der Waals surface area contributed by atoms with Crippen LogP contribution in [-0.2, 0) is 0 Å². The van der Waals surface area contributed by atoms with Crippen molar-refractivity contribution in [3.05, 3.63) is 29.3 Å². The molecule has 0 aliphatic heterocycles. The first-order valence-corrected chi connectivity index (χ1v) is 8.73. The van der Waals surface area contributed by atoms with Crippen LogP contribution in [0, 0.1) is 0 Å². The molecular formula is C17H26N2S. The minimum Gasteiger partial charge on any atom is -0.313 e. The summed E-state index contributed by atoms with van der Waals surface area (Å²) in [6.07, 6.45) is 11.4. The normalized spacial score (nSPS) is 12.9. The van der Waals surface area contributed by atoms with Crippen molar-refractivity contribution in [2.45, 2.75) is 57.9 Å². The monoisotopic (exact) mass is 290 g/mol. The van der Waals surface area contributed by atoms with E-state index >= 15 is 0 Å². The fraction of sp³-hybridized carbons (Fsp3) is 0.588. The maximum absolute atomic E-state index is 4.55. The van der Waals surface area contributed by atoms with E-state index in [-0.39, 0.29) is 0 Å². The molecular weight excluding hydrogens is 264 g/mol. The molecule has 0 saturated carbocycles. The summed E-state index contributed by atoms with van der Waals surface area (Å²) in [5, 5.41) is 5.56. The number of aromatic nitrogens is 1. The van der Waals surface area contributed by atoms with Gasteiger partial charge in [-0.25, -0.2) is 0 Å². The van der Waals surface area contributed by atoms with Gasteiger partial charge in [-0.2, -0.15) is 0 Å². The van der Waals surface area contributed by atoms with E-state index in [0.717, 1.165) is 5.52 Å². The quantitative estimate of drug-likeness (QED) is 0.633.